The van der Waals surface area contributed by atoms with Gasteiger partial charge in [0, 0.05) is 30.2 Å². The number of nitrogens with one attached hydrogen (secondary N) is 2. The molecule has 0 radical (unpaired) electrons. The molecule has 2 N–H and O–H groups in total. The van der Waals surface area contributed by atoms with E-state index in [4.69, 9.17) is 0 Å². The quantitative estimate of drug-likeness (QED) is 0.773. The average Bonchev–Trinajstić information content (AvgIpc) is 3.00. The van der Waals surface area contributed by atoms with Crippen molar-refractivity contribution in [3.8, 4) is 0 Å². The number of nitrogens with zero attached hydrogens (tertiary/aromatic N) is 1. The van der Waals surface area contributed by atoms with Crippen molar-refractivity contribution in [1.82, 2.24) is 15.3 Å². The molecular formula is C15H13N3O2S. The van der Waals surface area contributed by atoms with E-state index >= 15 is 0 Å². The van der Waals surface area contributed by atoms with Crippen LogP contribution in [0.5, 0.6) is 0 Å². The van der Waals surface area contributed by atoms with E-state index in [1.165, 1.54) is 0 Å². The van der Waals surface area contributed by atoms with Crippen LogP contribution in [0.3, 0.4) is 0 Å². The number of fused-ring (bicyclic) bond motifs is 1. The maximum Gasteiger partial charge on any atom is 0.261 e. The Morgan fingerprint density at radius 1 is 1.33 bits per heavy atom. The van der Waals surface area contributed by atoms with Crippen molar-refractivity contribution in [2.24, 2.45) is 0 Å². The maximum absolute atomic E-state index is 12.1. The molecule has 3 aromatic rings. The van der Waals surface area contributed by atoms with E-state index in [1.54, 1.807) is 24.7 Å². The maximum atomic E-state index is 12.1. The van der Waals surface area contributed by atoms with Crippen LogP contribution >= 0.6 is 11.3 Å². The Bertz CT molecular complexity index is 824. The van der Waals surface area contributed by atoms with Gasteiger partial charge in [-0.3, -0.25) is 9.59 Å². The third-order valence-electron chi connectivity index (χ3n) is 3.13. The lowest BCUT2D eigenvalue weighted by atomic mass is 10.2. The van der Waals surface area contributed by atoms with Gasteiger partial charge in [-0.2, -0.15) is 0 Å². The Morgan fingerprint density at radius 3 is 3.00 bits per heavy atom. The summed E-state index contributed by atoms with van der Waals surface area (Å²) in [5, 5.41) is 4.26. The van der Waals surface area contributed by atoms with Crippen molar-refractivity contribution in [1.29, 1.82) is 0 Å². The molecule has 0 aliphatic heterocycles. The number of carbonyl (C=O) groups is 1. The normalized spacial score (nSPS) is 10.7. The number of imidazole rings is 1. The number of hydrogen-bond donors (Lipinski definition) is 2. The zero-order valence-corrected chi connectivity index (χ0v) is 11.9. The van der Waals surface area contributed by atoms with Crippen molar-refractivity contribution < 1.29 is 4.79 Å². The fourth-order valence-corrected chi connectivity index (χ4v) is 2.91. The van der Waals surface area contributed by atoms with Gasteiger partial charge in [-0.25, -0.2) is 4.98 Å². The van der Waals surface area contributed by atoms with E-state index in [9.17, 15) is 9.59 Å². The number of carbonyl (C=O) groups excluding carboxylic acids is 1. The Hall–Kier alpha value is -2.47. The average molecular weight is 299 g/mol. The largest absolute Gasteiger partial charge is 0.351 e. The summed E-state index contributed by atoms with van der Waals surface area (Å²) < 4.78 is -0.0909. The van der Waals surface area contributed by atoms with Gasteiger partial charge in [0.1, 0.15) is 0 Å². The predicted molar refractivity (Wildman–Crippen MR) is 82.7 cm³/mol. The van der Waals surface area contributed by atoms with Gasteiger partial charge >= 0.3 is 0 Å². The van der Waals surface area contributed by atoms with Gasteiger partial charge < -0.3 is 10.3 Å². The van der Waals surface area contributed by atoms with Gasteiger partial charge in [-0.05, 0) is 17.5 Å². The Labute approximate surface area is 124 Å². The van der Waals surface area contributed by atoms with Crippen molar-refractivity contribution in [2.75, 3.05) is 6.54 Å². The lowest BCUT2D eigenvalue weighted by Gasteiger charge is -2.04. The van der Waals surface area contributed by atoms with Crippen LogP contribution < -0.4 is 10.1 Å². The second kappa shape index (κ2) is 5.88. The van der Waals surface area contributed by atoms with E-state index in [-0.39, 0.29) is 10.6 Å². The van der Waals surface area contributed by atoms with Gasteiger partial charge in [-0.1, -0.05) is 29.5 Å². The highest BCUT2D eigenvalue weighted by Crippen LogP contribution is 2.14. The molecule has 0 fully saturated rings. The molecule has 0 spiro atoms. The van der Waals surface area contributed by atoms with Crippen molar-refractivity contribution in [2.45, 2.75) is 6.42 Å². The molecule has 2 heterocycles. The highest BCUT2D eigenvalue weighted by Gasteiger charge is 2.09. The molecule has 0 bridgehead atoms. The van der Waals surface area contributed by atoms with Crippen LogP contribution in [0.1, 0.15) is 15.4 Å². The molecule has 21 heavy (non-hydrogen) atoms. The standard InChI is InChI=1S/C15H13N3O2S/c19-14(17-6-5-11-8-16-9-18-11)13-7-10-3-1-2-4-12(10)15(20)21-13/h1-4,7-9H,5-6H2,(H,16,18)(H,17,19). The molecule has 3 rings (SSSR count). The molecule has 6 heteroatoms. The second-order valence-electron chi connectivity index (χ2n) is 4.57. The first kappa shape index (κ1) is 13.5. The summed E-state index contributed by atoms with van der Waals surface area (Å²) in [7, 11) is 0. The zero-order chi connectivity index (χ0) is 14.7. The van der Waals surface area contributed by atoms with Crippen LogP contribution in [0.2, 0.25) is 0 Å². The monoisotopic (exact) mass is 299 g/mol. The smallest absolute Gasteiger partial charge is 0.261 e. The molecule has 1 aromatic carbocycles. The number of aromatic amines is 1. The topological polar surface area (TPSA) is 74.8 Å². The van der Waals surface area contributed by atoms with Crippen molar-refractivity contribution in [3.63, 3.8) is 0 Å². The van der Waals surface area contributed by atoms with Gasteiger partial charge in [-0.15, -0.1) is 0 Å². The van der Waals surface area contributed by atoms with Crippen LogP contribution in [0.25, 0.3) is 10.8 Å². The molecule has 106 valence electrons. The zero-order valence-electron chi connectivity index (χ0n) is 11.1. The third-order valence-corrected chi connectivity index (χ3v) is 4.06. The van der Waals surface area contributed by atoms with E-state index in [0.29, 0.717) is 23.2 Å². The molecule has 0 atom stereocenters. The summed E-state index contributed by atoms with van der Waals surface area (Å²) >= 11 is 0.975. The Morgan fingerprint density at radius 2 is 2.19 bits per heavy atom. The van der Waals surface area contributed by atoms with Gasteiger partial charge in [0.15, 0.2) is 0 Å². The van der Waals surface area contributed by atoms with Crippen LogP contribution in [-0.4, -0.2) is 22.4 Å². The number of hydrogen-bond acceptors (Lipinski definition) is 4. The van der Waals surface area contributed by atoms with Crippen molar-refractivity contribution >= 4 is 28.0 Å². The first-order valence-corrected chi connectivity index (χ1v) is 7.34. The summed E-state index contributed by atoms with van der Waals surface area (Å²) in [5.74, 6) is -0.220. The summed E-state index contributed by atoms with van der Waals surface area (Å²) in [6, 6.07) is 9.04. The minimum absolute atomic E-state index is 0.0909. The molecule has 0 saturated carbocycles. The molecule has 0 aliphatic rings. The Balaban J connectivity index is 1.74. The minimum Gasteiger partial charge on any atom is -0.351 e. The third kappa shape index (κ3) is 3.00. The number of rotatable bonds is 4. The van der Waals surface area contributed by atoms with Crippen LogP contribution in [0, 0.1) is 0 Å². The summed E-state index contributed by atoms with van der Waals surface area (Å²) in [6.45, 7) is 0.495. The molecule has 0 saturated heterocycles. The first-order chi connectivity index (χ1) is 10.2. The van der Waals surface area contributed by atoms with Crippen molar-refractivity contribution in [3.05, 3.63) is 63.0 Å². The SMILES string of the molecule is O=C(NCCc1cnc[nH]1)c1cc2ccccc2c(=O)s1. The molecule has 1 amide bonds. The molecule has 0 aliphatic carbocycles. The van der Waals surface area contributed by atoms with E-state index in [1.807, 2.05) is 18.2 Å². The molecule has 5 nitrogen and oxygen atoms in total. The molecular weight excluding hydrogens is 286 g/mol. The van der Waals surface area contributed by atoms with E-state index in [0.717, 1.165) is 22.4 Å². The van der Waals surface area contributed by atoms with E-state index in [2.05, 4.69) is 15.3 Å². The molecule has 0 unspecified atom stereocenters. The first-order valence-electron chi connectivity index (χ1n) is 6.52. The fourth-order valence-electron chi connectivity index (χ4n) is 2.07. The van der Waals surface area contributed by atoms with Crippen LogP contribution in [0.15, 0.2) is 47.7 Å². The van der Waals surface area contributed by atoms with E-state index < -0.39 is 0 Å². The summed E-state index contributed by atoms with van der Waals surface area (Å²) in [6.07, 6.45) is 4.00. The van der Waals surface area contributed by atoms with Crippen LogP contribution in [-0.2, 0) is 6.42 Å². The summed E-state index contributed by atoms with van der Waals surface area (Å²) in [5.41, 5.74) is 0.960. The van der Waals surface area contributed by atoms with Gasteiger partial charge in [0.25, 0.3) is 5.91 Å². The second-order valence-corrected chi connectivity index (χ2v) is 5.58. The van der Waals surface area contributed by atoms with Gasteiger partial charge in [0.05, 0.1) is 11.2 Å². The number of H-pyrrole nitrogens is 1. The number of benzene rings is 1. The number of amides is 1. The summed E-state index contributed by atoms with van der Waals surface area (Å²) in [4.78, 5) is 31.4. The fraction of sp³-hybridized carbons (Fsp3) is 0.133. The predicted octanol–water partition coefficient (Wildman–Crippen LogP) is 1.96. The van der Waals surface area contributed by atoms with Gasteiger partial charge in [0.2, 0.25) is 4.74 Å². The lowest BCUT2D eigenvalue weighted by Crippen LogP contribution is -2.25. The number of aromatic nitrogens is 2. The minimum atomic E-state index is -0.220. The Kier molecular flexibility index (Phi) is 3.79. The lowest BCUT2D eigenvalue weighted by molar-refractivity contribution is 0.0958. The molecule has 2 aromatic heterocycles. The highest BCUT2D eigenvalue weighted by atomic mass is 32.1. The highest BCUT2D eigenvalue weighted by molar-refractivity contribution is 7.12. The van der Waals surface area contributed by atoms with Crippen LogP contribution in [0.4, 0.5) is 0 Å².